The fourth-order valence-electron chi connectivity index (χ4n) is 3.53. The van der Waals surface area contributed by atoms with E-state index in [4.69, 9.17) is 11.6 Å². The van der Waals surface area contributed by atoms with Gasteiger partial charge < -0.3 is 15.2 Å². The largest absolute Gasteiger partial charge is 0.342 e. The minimum atomic E-state index is -0.374. The van der Waals surface area contributed by atoms with Crippen LogP contribution in [0.1, 0.15) is 47.2 Å². The van der Waals surface area contributed by atoms with Crippen LogP contribution in [0.5, 0.6) is 0 Å². The van der Waals surface area contributed by atoms with Crippen LogP contribution in [0.2, 0.25) is 5.02 Å². The summed E-state index contributed by atoms with van der Waals surface area (Å²) in [5.41, 5.74) is 3.30. The summed E-state index contributed by atoms with van der Waals surface area (Å²) in [6.45, 7) is 7.96. The van der Waals surface area contributed by atoms with Crippen molar-refractivity contribution in [1.29, 1.82) is 0 Å². The van der Waals surface area contributed by atoms with Crippen LogP contribution in [0, 0.1) is 23.3 Å². The average molecular weight is 612 g/mol. The number of nitrogens with one attached hydrogen (secondary N) is 2. The predicted molar refractivity (Wildman–Crippen MR) is 145 cm³/mol. The van der Waals surface area contributed by atoms with Gasteiger partial charge in [0.15, 0.2) is 11.0 Å². The lowest BCUT2D eigenvalue weighted by atomic mass is 10.0. The molecule has 0 aliphatic carbocycles. The summed E-state index contributed by atoms with van der Waals surface area (Å²) >= 11 is 9.75. The first-order chi connectivity index (χ1) is 16.1. The zero-order valence-corrected chi connectivity index (χ0v) is 23.4. The molecule has 0 aliphatic heterocycles. The number of anilines is 1. The molecule has 2 aromatic carbocycles. The van der Waals surface area contributed by atoms with E-state index in [1.165, 1.54) is 11.8 Å². The van der Waals surface area contributed by atoms with Crippen molar-refractivity contribution < 1.29 is 9.59 Å². The van der Waals surface area contributed by atoms with Crippen LogP contribution in [0.25, 0.3) is 0 Å². The van der Waals surface area contributed by atoms with Gasteiger partial charge in [-0.25, -0.2) is 0 Å². The Morgan fingerprint density at radius 1 is 1.15 bits per heavy atom. The lowest BCUT2D eigenvalue weighted by Gasteiger charge is -2.22. The van der Waals surface area contributed by atoms with Gasteiger partial charge in [0.25, 0.3) is 5.91 Å². The molecule has 1 heterocycles. The quantitative estimate of drug-likeness (QED) is 0.258. The first-order valence-electron chi connectivity index (χ1n) is 10.7. The van der Waals surface area contributed by atoms with Crippen molar-refractivity contribution in [2.45, 2.75) is 38.9 Å². The first kappa shape index (κ1) is 26.5. The van der Waals surface area contributed by atoms with Gasteiger partial charge in [-0.05, 0) is 77.7 Å². The normalized spacial score (nSPS) is 12.0. The van der Waals surface area contributed by atoms with Crippen LogP contribution >= 0.6 is 46.0 Å². The van der Waals surface area contributed by atoms with Gasteiger partial charge in [-0.15, -0.1) is 10.2 Å². The number of carbonyl (C=O) groups is 2. The Balaban J connectivity index is 1.69. The number of thioether (sulfide) groups is 1. The smallest absolute Gasteiger partial charge is 0.253 e. The van der Waals surface area contributed by atoms with E-state index in [2.05, 4.69) is 43.4 Å². The van der Waals surface area contributed by atoms with Crippen LogP contribution in [-0.4, -0.2) is 32.3 Å². The molecule has 0 radical (unpaired) electrons. The summed E-state index contributed by atoms with van der Waals surface area (Å²) < 4.78 is 2.95. The van der Waals surface area contributed by atoms with Crippen molar-refractivity contribution in [2.75, 3.05) is 11.1 Å². The van der Waals surface area contributed by atoms with Crippen molar-refractivity contribution in [3.63, 3.8) is 0 Å². The summed E-state index contributed by atoms with van der Waals surface area (Å²) in [6.07, 6.45) is 0. The van der Waals surface area contributed by atoms with Gasteiger partial charge in [-0.3, -0.25) is 9.59 Å². The highest BCUT2D eigenvalue weighted by Crippen LogP contribution is 2.27. The monoisotopic (exact) mass is 611 g/mol. The van der Waals surface area contributed by atoms with E-state index in [1.54, 1.807) is 24.3 Å². The van der Waals surface area contributed by atoms with Crippen LogP contribution in [0.15, 0.2) is 41.6 Å². The van der Waals surface area contributed by atoms with Gasteiger partial charge in [0.1, 0.15) is 0 Å². The molecule has 0 saturated heterocycles. The van der Waals surface area contributed by atoms with Crippen LogP contribution in [0.4, 0.5) is 5.69 Å². The van der Waals surface area contributed by atoms with E-state index in [9.17, 15) is 9.59 Å². The van der Waals surface area contributed by atoms with Gasteiger partial charge in [0.05, 0.1) is 22.4 Å². The summed E-state index contributed by atoms with van der Waals surface area (Å²) in [4.78, 5) is 25.4. The van der Waals surface area contributed by atoms with E-state index in [1.807, 2.05) is 51.4 Å². The van der Waals surface area contributed by atoms with Gasteiger partial charge >= 0.3 is 0 Å². The Bertz CT molecular complexity index is 1190. The first-order valence-corrected chi connectivity index (χ1v) is 13.2. The third-order valence-corrected chi connectivity index (χ3v) is 7.29. The summed E-state index contributed by atoms with van der Waals surface area (Å²) in [5, 5.41) is 15.6. The maximum Gasteiger partial charge on any atom is 0.253 e. The third-order valence-electron chi connectivity index (χ3n) is 5.31. The van der Waals surface area contributed by atoms with E-state index >= 15 is 0 Å². The molecule has 3 aromatic rings. The second-order valence-corrected chi connectivity index (χ2v) is 10.9. The number of halogens is 2. The molecule has 0 aliphatic rings. The zero-order chi connectivity index (χ0) is 25.0. The molecule has 3 rings (SSSR count). The molecule has 1 aromatic heterocycles. The topological polar surface area (TPSA) is 88.9 Å². The molecule has 0 spiro atoms. The number of hydrogen-bond acceptors (Lipinski definition) is 5. The van der Waals surface area contributed by atoms with E-state index < -0.39 is 0 Å². The summed E-state index contributed by atoms with van der Waals surface area (Å²) in [5.74, 6) is 0.471. The molecule has 0 unspecified atom stereocenters. The van der Waals surface area contributed by atoms with Crippen LogP contribution in [-0.2, 0) is 11.8 Å². The van der Waals surface area contributed by atoms with E-state index in [-0.39, 0.29) is 29.5 Å². The molecule has 7 nitrogen and oxygen atoms in total. The van der Waals surface area contributed by atoms with Crippen LogP contribution < -0.4 is 10.6 Å². The van der Waals surface area contributed by atoms with Gasteiger partial charge in [0, 0.05) is 16.3 Å². The molecule has 0 bridgehead atoms. The fraction of sp³-hybridized carbons (Fsp3) is 0.333. The van der Waals surface area contributed by atoms with Gasteiger partial charge in [-0.1, -0.05) is 49.3 Å². The number of carbonyl (C=O) groups excluding carboxylic acids is 2. The second-order valence-electron chi connectivity index (χ2n) is 8.33. The van der Waals surface area contributed by atoms with Gasteiger partial charge in [-0.2, -0.15) is 0 Å². The fourth-order valence-corrected chi connectivity index (χ4v) is 5.40. The van der Waals surface area contributed by atoms with Crippen molar-refractivity contribution >= 4 is 63.5 Å². The van der Waals surface area contributed by atoms with Crippen molar-refractivity contribution in [1.82, 2.24) is 20.1 Å². The molecule has 2 amide bonds. The van der Waals surface area contributed by atoms with Crippen molar-refractivity contribution in [3.8, 4) is 0 Å². The number of nitrogens with zero attached hydrogens (tertiary/aromatic N) is 3. The molecule has 34 heavy (non-hydrogen) atoms. The van der Waals surface area contributed by atoms with Crippen LogP contribution in [0.3, 0.4) is 0 Å². The summed E-state index contributed by atoms with van der Waals surface area (Å²) in [7, 11) is 1.83. The second kappa shape index (κ2) is 11.5. The number of aryl methyl sites for hydroxylation is 2. The lowest BCUT2D eigenvalue weighted by molar-refractivity contribution is -0.113. The Kier molecular flexibility index (Phi) is 9.00. The molecular weight excluding hydrogens is 585 g/mol. The third kappa shape index (κ3) is 6.31. The van der Waals surface area contributed by atoms with Crippen molar-refractivity contribution in [2.24, 2.45) is 13.0 Å². The molecule has 1 atom stereocenters. The van der Waals surface area contributed by atoms with E-state index in [0.29, 0.717) is 21.6 Å². The molecular formula is C24H27ClIN5O2S. The Hall–Kier alpha value is -2.11. The number of aromatic nitrogens is 3. The Labute approximate surface area is 222 Å². The maximum atomic E-state index is 12.8. The standard InChI is InChI=1S/C24H27ClIN5O2S/c1-13(2)20(28-23(33)17-8-6-7-9-18(17)25)22-29-30-24(31(22)5)34-12-19(32)27-21-14(3)10-16(26)11-15(21)4/h6-11,13,20H,12H2,1-5H3,(H,27,32)(H,28,33)/t20-/m1/s1. The molecule has 0 fully saturated rings. The highest BCUT2D eigenvalue weighted by molar-refractivity contribution is 14.1. The van der Waals surface area contributed by atoms with E-state index in [0.717, 1.165) is 20.4 Å². The molecule has 0 saturated carbocycles. The highest BCUT2D eigenvalue weighted by Gasteiger charge is 2.26. The van der Waals surface area contributed by atoms with Crippen molar-refractivity contribution in [3.05, 3.63) is 67.5 Å². The number of rotatable bonds is 8. The minimum Gasteiger partial charge on any atom is -0.342 e. The Morgan fingerprint density at radius 3 is 2.41 bits per heavy atom. The predicted octanol–water partition coefficient (Wildman–Crippen LogP) is 5.55. The molecule has 10 heteroatoms. The zero-order valence-electron chi connectivity index (χ0n) is 19.6. The average Bonchev–Trinajstić information content (AvgIpc) is 3.13. The van der Waals surface area contributed by atoms with Gasteiger partial charge in [0.2, 0.25) is 5.91 Å². The highest BCUT2D eigenvalue weighted by atomic mass is 127. The Morgan fingerprint density at radius 2 is 1.79 bits per heavy atom. The maximum absolute atomic E-state index is 12.8. The lowest BCUT2D eigenvalue weighted by Crippen LogP contribution is -2.33. The SMILES string of the molecule is Cc1cc(I)cc(C)c1NC(=O)CSc1nnc([C@H](NC(=O)c2ccccc2Cl)C(C)C)n1C. The summed E-state index contributed by atoms with van der Waals surface area (Å²) in [6, 6.07) is 10.6. The number of hydrogen-bond donors (Lipinski definition) is 2. The number of benzene rings is 2. The molecule has 2 N–H and O–H groups in total. The number of amides is 2. The molecule has 180 valence electrons. The minimum absolute atomic E-state index is 0.0577.